The summed E-state index contributed by atoms with van der Waals surface area (Å²) in [6, 6.07) is 7.12. The average molecular weight is 243 g/mol. The molecule has 0 heterocycles. The van der Waals surface area contributed by atoms with Gasteiger partial charge in [-0.1, -0.05) is 6.07 Å². The maximum atomic E-state index is 11.8. The van der Waals surface area contributed by atoms with Crippen molar-refractivity contribution in [1.82, 2.24) is 0 Å². The van der Waals surface area contributed by atoms with Crippen molar-refractivity contribution in [2.45, 2.75) is 26.8 Å². The highest BCUT2D eigenvalue weighted by Gasteiger charge is 2.21. The van der Waals surface area contributed by atoms with Gasteiger partial charge < -0.3 is 14.7 Å². The third-order valence-electron chi connectivity index (χ3n) is 1.93. The predicted octanol–water partition coefficient (Wildman–Crippen LogP) is 2.35. The Morgan fingerprint density at radius 2 is 2.19 bits per heavy atom. The van der Waals surface area contributed by atoms with E-state index in [1.165, 1.54) is 0 Å². The third kappa shape index (κ3) is 3.63. The molecule has 1 atom stereocenters. The summed E-state index contributed by atoms with van der Waals surface area (Å²) in [6.07, 6.45) is 0. The highest BCUT2D eigenvalue weighted by Crippen LogP contribution is 2.40. The molecule has 4 nitrogen and oxygen atoms in total. The molecule has 0 aromatic heterocycles. The Balaban J connectivity index is 2.93. The molecule has 90 valence electrons. The van der Waals surface area contributed by atoms with Crippen LogP contribution in [-0.2, 0) is 9.09 Å². The summed E-state index contributed by atoms with van der Waals surface area (Å²) >= 11 is 0. The van der Waals surface area contributed by atoms with Crippen LogP contribution in [-0.4, -0.2) is 17.5 Å². The van der Waals surface area contributed by atoms with Gasteiger partial charge in [0.15, 0.2) is 0 Å². The number of rotatable bonds is 5. The molecule has 0 radical (unpaired) electrons. The summed E-state index contributed by atoms with van der Waals surface area (Å²) in [5.74, 6) is 0. The molecular formula is C11H18NO3P. The van der Waals surface area contributed by atoms with E-state index in [0.717, 1.165) is 5.69 Å². The number of benzene rings is 1. The molecule has 0 aliphatic heterocycles. The van der Waals surface area contributed by atoms with Gasteiger partial charge in [-0.2, -0.15) is 0 Å². The SMILES string of the molecule is CCOP(=O)(O)c1cccc(NC(C)C)c1. The third-order valence-corrected chi connectivity index (χ3v) is 3.47. The Kier molecular flexibility index (Phi) is 4.54. The minimum atomic E-state index is -3.66. The Bertz CT molecular complexity index is 393. The van der Waals surface area contributed by atoms with Gasteiger partial charge in [-0.25, -0.2) is 0 Å². The molecule has 0 bridgehead atoms. The molecule has 0 fully saturated rings. The first kappa shape index (κ1) is 13.2. The van der Waals surface area contributed by atoms with Crippen LogP contribution in [0.2, 0.25) is 0 Å². The number of hydrogen-bond donors (Lipinski definition) is 2. The summed E-state index contributed by atoms with van der Waals surface area (Å²) in [6.45, 7) is 5.93. The standard InChI is InChI=1S/C11H18NO3P/c1-4-15-16(13,14)11-7-5-6-10(8-11)12-9(2)3/h5-9,12H,4H2,1-3H3,(H,13,14). The maximum Gasteiger partial charge on any atom is 0.358 e. The van der Waals surface area contributed by atoms with Gasteiger partial charge in [0.25, 0.3) is 0 Å². The van der Waals surface area contributed by atoms with Gasteiger partial charge in [-0.15, -0.1) is 0 Å². The monoisotopic (exact) mass is 243 g/mol. The van der Waals surface area contributed by atoms with Crippen molar-refractivity contribution in [1.29, 1.82) is 0 Å². The fourth-order valence-corrected chi connectivity index (χ4v) is 2.43. The van der Waals surface area contributed by atoms with Crippen LogP contribution >= 0.6 is 7.60 Å². The maximum absolute atomic E-state index is 11.8. The fourth-order valence-electron chi connectivity index (χ4n) is 1.35. The van der Waals surface area contributed by atoms with E-state index in [0.29, 0.717) is 5.30 Å². The Morgan fingerprint density at radius 1 is 1.50 bits per heavy atom. The summed E-state index contributed by atoms with van der Waals surface area (Å²) in [7, 11) is -3.66. The minimum Gasteiger partial charge on any atom is -0.383 e. The Labute approximate surface area is 96.2 Å². The summed E-state index contributed by atoms with van der Waals surface area (Å²) < 4.78 is 16.6. The molecule has 0 spiro atoms. The van der Waals surface area contributed by atoms with Crippen LogP contribution < -0.4 is 10.6 Å². The lowest BCUT2D eigenvalue weighted by atomic mass is 10.3. The van der Waals surface area contributed by atoms with Crippen LogP contribution in [0.25, 0.3) is 0 Å². The molecule has 1 aromatic rings. The van der Waals surface area contributed by atoms with Crippen LogP contribution in [0, 0.1) is 0 Å². The summed E-state index contributed by atoms with van der Waals surface area (Å²) in [4.78, 5) is 9.65. The molecule has 0 amide bonds. The normalized spacial score (nSPS) is 14.8. The molecule has 1 aromatic carbocycles. The molecule has 0 saturated heterocycles. The van der Waals surface area contributed by atoms with Crippen molar-refractivity contribution in [2.24, 2.45) is 0 Å². The van der Waals surface area contributed by atoms with Gasteiger partial charge in [0.05, 0.1) is 11.9 Å². The largest absolute Gasteiger partial charge is 0.383 e. The van der Waals surface area contributed by atoms with Gasteiger partial charge in [0.1, 0.15) is 0 Å². The van der Waals surface area contributed by atoms with E-state index < -0.39 is 7.60 Å². The molecule has 1 rings (SSSR count). The van der Waals surface area contributed by atoms with E-state index >= 15 is 0 Å². The van der Waals surface area contributed by atoms with Gasteiger partial charge in [-0.3, -0.25) is 4.57 Å². The van der Waals surface area contributed by atoms with E-state index in [4.69, 9.17) is 4.52 Å². The van der Waals surface area contributed by atoms with Gasteiger partial charge in [0, 0.05) is 11.7 Å². The van der Waals surface area contributed by atoms with Gasteiger partial charge in [-0.05, 0) is 39.0 Å². The van der Waals surface area contributed by atoms with E-state index in [-0.39, 0.29) is 12.6 Å². The van der Waals surface area contributed by atoms with Crippen molar-refractivity contribution >= 4 is 18.6 Å². The topological polar surface area (TPSA) is 58.6 Å². The molecule has 5 heteroatoms. The van der Waals surface area contributed by atoms with Gasteiger partial charge >= 0.3 is 7.60 Å². The van der Waals surface area contributed by atoms with Crippen LogP contribution in [0.3, 0.4) is 0 Å². The molecule has 16 heavy (non-hydrogen) atoms. The zero-order valence-electron chi connectivity index (χ0n) is 9.80. The van der Waals surface area contributed by atoms with Crippen LogP contribution in [0.1, 0.15) is 20.8 Å². The van der Waals surface area contributed by atoms with Gasteiger partial charge in [0.2, 0.25) is 0 Å². The average Bonchev–Trinajstić information content (AvgIpc) is 2.17. The van der Waals surface area contributed by atoms with E-state index in [1.807, 2.05) is 19.9 Å². The zero-order valence-corrected chi connectivity index (χ0v) is 10.7. The van der Waals surface area contributed by atoms with Crippen molar-refractivity contribution < 1.29 is 14.0 Å². The minimum absolute atomic E-state index is 0.218. The lowest BCUT2D eigenvalue weighted by molar-refractivity contribution is 0.284. The molecule has 0 saturated carbocycles. The second kappa shape index (κ2) is 5.48. The molecule has 0 aliphatic carbocycles. The van der Waals surface area contributed by atoms with Crippen molar-refractivity contribution in [3.8, 4) is 0 Å². The first-order valence-electron chi connectivity index (χ1n) is 5.30. The number of nitrogens with one attached hydrogen (secondary N) is 1. The highest BCUT2D eigenvalue weighted by molar-refractivity contribution is 7.61. The molecular weight excluding hydrogens is 225 g/mol. The predicted molar refractivity (Wildman–Crippen MR) is 66.3 cm³/mol. The van der Waals surface area contributed by atoms with Crippen molar-refractivity contribution in [2.75, 3.05) is 11.9 Å². The van der Waals surface area contributed by atoms with E-state index in [2.05, 4.69) is 5.32 Å². The smallest absolute Gasteiger partial charge is 0.358 e. The lowest BCUT2D eigenvalue weighted by Gasteiger charge is -2.14. The lowest BCUT2D eigenvalue weighted by Crippen LogP contribution is -2.13. The summed E-state index contributed by atoms with van der Waals surface area (Å²) in [5.41, 5.74) is 0.821. The zero-order chi connectivity index (χ0) is 12.2. The molecule has 1 unspecified atom stereocenters. The Hall–Kier alpha value is -0.830. The quantitative estimate of drug-likeness (QED) is 0.779. The van der Waals surface area contributed by atoms with Crippen molar-refractivity contribution in [3.05, 3.63) is 24.3 Å². The highest BCUT2D eigenvalue weighted by atomic mass is 31.2. The first-order chi connectivity index (χ1) is 7.45. The van der Waals surface area contributed by atoms with E-state index in [1.54, 1.807) is 25.1 Å². The fraction of sp³-hybridized carbons (Fsp3) is 0.455. The summed E-state index contributed by atoms with van der Waals surface area (Å²) in [5, 5.41) is 3.49. The second-order valence-electron chi connectivity index (χ2n) is 3.79. The van der Waals surface area contributed by atoms with Crippen LogP contribution in [0.4, 0.5) is 5.69 Å². The molecule has 2 N–H and O–H groups in total. The second-order valence-corrected chi connectivity index (χ2v) is 5.60. The van der Waals surface area contributed by atoms with E-state index in [9.17, 15) is 9.46 Å². The first-order valence-corrected chi connectivity index (χ1v) is 6.88. The Morgan fingerprint density at radius 3 is 2.75 bits per heavy atom. The van der Waals surface area contributed by atoms with Crippen LogP contribution in [0.15, 0.2) is 24.3 Å². The van der Waals surface area contributed by atoms with Crippen molar-refractivity contribution in [3.63, 3.8) is 0 Å². The number of anilines is 1. The number of hydrogen-bond acceptors (Lipinski definition) is 3. The van der Waals surface area contributed by atoms with Crippen LogP contribution in [0.5, 0.6) is 0 Å². The molecule has 0 aliphatic rings.